The highest BCUT2D eigenvalue weighted by Crippen LogP contribution is 1.97. The Balaban J connectivity index is 2.20. The number of hydrogen-bond donors (Lipinski definition) is 2. The molecule has 0 aliphatic heterocycles. The molecule has 1 atom stereocenters. The van der Waals surface area contributed by atoms with Gasteiger partial charge < -0.3 is 10.2 Å². The Kier molecular flexibility index (Phi) is 4.62. The van der Waals surface area contributed by atoms with Gasteiger partial charge in [-0.05, 0) is 26.6 Å². The van der Waals surface area contributed by atoms with Crippen LogP contribution in [0.15, 0.2) is 12.3 Å². The third-order valence-corrected chi connectivity index (χ3v) is 2.46. The lowest BCUT2D eigenvalue weighted by molar-refractivity contribution is 0.275. The van der Waals surface area contributed by atoms with Gasteiger partial charge >= 0.3 is 0 Å². The molecule has 0 spiro atoms. The van der Waals surface area contributed by atoms with Gasteiger partial charge in [-0.15, -0.1) is 0 Å². The van der Waals surface area contributed by atoms with Crippen molar-refractivity contribution in [3.63, 3.8) is 0 Å². The molecule has 0 aliphatic rings. The van der Waals surface area contributed by atoms with Crippen molar-refractivity contribution in [3.05, 3.63) is 18.0 Å². The molecule has 1 rings (SSSR count). The predicted molar refractivity (Wildman–Crippen MR) is 58.1 cm³/mol. The third-order valence-electron chi connectivity index (χ3n) is 2.46. The molecule has 1 aromatic heterocycles. The van der Waals surface area contributed by atoms with E-state index in [0.29, 0.717) is 6.04 Å². The highest BCUT2D eigenvalue weighted by molar-refractivity contribution is 4.96. The fourth-order valence-electron chi connectivity index (χ4n) is 1.45. The quantitative estimate of drug-likeness (QED) is 0.708. The van der Waals surface area contributed by atoms with Gasteiger partial charge in [-0.2, -0.15) is 5.10 Å². The van der Waals surface area contributed by atoms with Crippen molar-refractivity contribution in [1.82, 2.24) is 20.4 Å². The van der Waals surface area contributed by atoms with E-state index in [4.69, 9.17) is 0 Å². The maximum atomic E-state index is 3.90. The number of H-pyrrole nitrogens is 1. The van der Waals surface area contributed by atoms with E-state index >= 15 is 0 Å². The lowest BCUT2D eigenvalue weighted by Gasteiger charge is -2.22. The molecule has 0 saturated carbocycles. The monoisotopic (exact) mass is 196 g/mol. The van der Waals surface area contributed by atoms with Crippen LogP contribution in [0.5, 0.6) is 0 Å². The van der Waals surface area contributed by atoms with Gasteiger partial charge in [0.25, 0.3) is 0 Å². The molecule has 4 heteroatoms. The van der Waals surface area contributed by atoms with E-state index in [0.717, 1.165) is 18.8 Å². The molecule has 0 amide bonds. The Morgan fingerprint density at radius 3 is 2.86 bits per heavy atom. The van der Waals surface area contributed by atoms with Crippen LogP contribution in [0, 0.1) is 0 Å². The lowest BCUT2D eigenvalue weighted by atomic mass is 10.2. The average Bonchev–Trinajstić information content (AvgIpc) is 2.64. The summed E-state index contributed by atoms with van der Waals surface area (Å²) in [4.78, 5) is 2.25. The average molecular weight is 196 g/mol. The van der Waals surface area contributed by atoms with Crippen LogP contribution in [-0.2, 0) is 6.54 Å². The van der Waals surface area contributed by atoms with Gasteiger partial charge in [0.15, 0.2) is 0 Å². The van der Waals surface area contributed by atoms with Crippen LogP contribution >= 0.6 is 0 Å². The molecule has 14 heavy (non-hydrogen) atoms. The zero-order valence-electron chi connectivity index (χ0n) is 9.25. The molecule has 0 fully saturated rings. The van der Waals surface area contributed by atoms with Crippen molar-refractivity contribution in [2.24, 2.45) is 0 Å². The zero-order chi connectivity index (χ0) is 10.4. The summed E-state index contributed by atoms with van der Waals surface area (Å²) in [5.74, 6) is 0. The highest BCUT2D eigenvalue weighted by Gasteiger charge is 2.07. The molecule has 0 saturated heterocycles. The number of rotatable bonds is 6. The summed E-state index contributed by atoms with van der Waals surface area (Å²) in [5, 5.41) is 10.2. The van der Waals surface area contributed by atoms with Crippen LogP contribution in [-0.4, -0.2) is 41.8 Å². The van der Waals surface area contributed by atoms with Gasteiger partial charge in [0, 0.05) is 31.0 Å². The first-order valence-corrected chi connectivity index (χ1v) is 5.09. The minimum atomic E-state index is 0.609. The minimum absolute atomic E-state index is 0.609. The van der Waals surface area contributed by atoms with Gasteiger partial charge in [-0.25, -0.2) is 0 Å². The van der Waals surface area contributed by atoms with E-state index in [1.54, 1.807) is 6.20 Å². The number of aromatic nitrogens is 2. The maximum absolute atomic E-state index is 3.90. The summed E-state index contributed by atoms with van der Waals surface area (Å²) in [6.45, 7) is 4.09. The molecule has 0 aliphatic carbocycles. The molecule has 1 unspecified atom stereocenters. The van der Waals surface area contributed by atoms with Crippen molar-refractivity contribution in [2.45, 2.75) is 25.9 Å². The molecule has 1 heterocycles. The largest absolute Gasteiger partial charge is 0.310 e. The van der Waals surface area contributed by atoms with Gasteiger partial charge in [-0.3, -0.25) is 5.10 Å². The second-order valence-electron chi connectivity index (χ2n) is 3.74. The second-order valence-corrected chi connectivity index (χ2v) is 3.74. The van der Waals surface area contributed by atoms with Gasteiger partial charge in [0.2, 0.25) is 0 Å². The van der Waals surface area contributed by atoms with E-state index in [9.17, 15) is 0 Å². The van der Waals surface area contributed by atoms with Crippen LogP contribution < -0.4 is 5.32 Å². The first kappa shape index (κ1) is 11.2. The molecule has 0 bridgehead atoms. The smallest absolute Gasteiger partial charge is 0.0490 e. The minimum Gasteiger partial charge on any atom is -0.310 e. The van der Waals surface area contributed by atoms with Gasteiger partial charge in [-0.1, -0.05) is 6.92 Å². The molecular formula is C10H20N4. The summed E-state index contributed by atoms with van der Waals surface area (Å²) in [7, 11) is 4.23. The highest BCUT2D eigenvalue weighted by atomic mass is 15.1. The summed E-state index contributed by atoms with van der Waals surface area (Å²) in [6.07, 6.45) is 2.95. The van der Waals surface area contributed by atoms with E-state index in [2.05, 4.69) is 41.4 Å². The number of nitrogens with one attached hydrogen (secondary N) is 2. The fourth-order valence-corrected chi connectivity index (χ4v) is 1.45. The molecule has 1 aromatic rings. The Morgan fingerprint density at radius 2 is 2.36 bits per heavy atom. The standard InChI is InChI=1S/C10H20N4/c1-4-10(14(2)3)8-11-7-9-5-6-12-13-9/h5-6,10-11H,4,7-8H2,1-3H3,(H,12,13). The van der Waals surface area contributed by atoms with E-state index < -0.39 is 0 Å². The van der Waals surface area contributed by atoms with E-state index in [-0.39, 0.29) is 0 Å². The SMILES string of the molecule is CCC(CNCc1ccn[nH]1)N(C)C. The first-order valence-electron chi connectivity index (χ1n) is 5.09. The van der Waals surface area contributed by atoms with E-state index in [1.165, 1.54) is 6.42 Å². The summed E-state index contributed by atoms with van der Waals surface area (Å²) in [5.41, 5.74) is 1.14. The van der Waals surface area contributed by atoms with Crippen molar-refractivity contribution in [3.8, 4) is 0 Å². The number of hydrogen-bond acceptors (Lipinski definition) is 3. The first-order chi connectivity index (χ1) is 6.74. The predicted octanol–water partition coefficient (Wildman–Crippen LogP) is 0.839. The molecule has 0 radical (unpaired) electrons. The summed E-state index contributed by atoms with van der Waals surface area (Å²) >= 11 is 0. The Bertz CT molecular complexity index is 230. The van der Waals surface area contributed by atoms with Crippen LogP contribution in [0.3, 0.4) is 0 Å². The van der Waals surface area contributed by atoms with Crippen molar-refractivity contribution in [1.29, 1.82) is 0 Å². The van der Waals surface area contributed by atoms with Gasteiger partial charge in [0.05, 0.1) is 0 Å². The molecular weight excluding hydrogens is 176 g/mol. The molecule has 80 valence electrons. The molecule has 2 N–H and O–H groups in total. The fraction of sp³-hybridized carbons (Fsp3) is 0.700. The number of aromatic amines is 1. The summed E-state index contributed by atoms with van der Waals surface area (Å²) < 4.78 is 0. The van der Waals surface area contributed by atoms with Crippen LogP contribution in [0.1, 0.15) is 19.0 Å². The van der Waals surface area contributed by atoms with Crippen LogP contribution in [0.25, 0.3) is 0 Å². The summed E-state index contributed by atoms with van der Waals surface area (Å²) in [6, 6.07) is 2.60. The van der Waals surface area contributed by atoms with Gasteiger partial charge in [0.1, 0.15) is 0 Å². The number of likely N-dealkylation sites (N-methyl/N-ethyl adjacent to an activating group) is 1. The normalized spacial score (nSPS) is 13.4. The van der Waals surface area contributed by atoms with E-state index in [1.807, 2.05) is 6.07 Å². The molecule has 4 nitrogen and oxygen atoms in total. The Labute approximate surface area is 85.7 Å². The Hall–Kier alpha value is -0.870. The third kappa shape index (κ3) is 3.47. The number of nitrogens with zero attached hydrogens (tertiary/aromatic N) is 2. The van der Waals surface area contributed by atoms with Crippen molar-refractivity contribution >= 4 is 0 Å². The molecule has 0 aromatic carbocycles. The maximum Gasteiger partial charge on any atom is 0.0490 e. The van der Waals surface area contributed by atoms with Crippen molar-refractivity contribution in [2.75, 3.05) is 20.6 Å². The zero-order valence-corrected chi connectivity index (χ0v) is 9.25. The topological polar surface area (TPSA) is 44.0 Å². The van der Waals surface area contributed by atoms with Crippen molar-refractivity contribution < 1.29 is 0 Å². The van der Waals surface area contributed by atoms with Crippen LogP contribution in [0.2, 0.25) is 0 Å². The lowest BCUT2D eigenvalue weighted by Crippen LogP contribution is -2.37. The Morgan fingerprint density at radius 1 is 1.57 bits per heavy atom. The van der Waals surface area contributed by atoms with Crippen LogP contribution in [0.4, 0.5) is 0 Å². The second kappa shape index (κ2) is 5.78.